The molecule has 0 bridgehead atoms. The van der Waals surface area contributed by atoms with Crippen LogP contribution in [0.1, 0.15) is 35.7 Å². The average Bonchev–Trinajstić information content (AvgIpc) is 2.60. The highest BCUT2D eigenvalue weighted by Crippen LogP contribution is 2.09. The summed E-state index contributed by atoms with van der Waals surface area (Å²) in [5.74, 6) is -0.782. The molecule has 0 aliphatic rings. The first-order valence-corrected chi connectivity index (χ1v) is 9.84. The Morgan fingerprint density at radius 1 is 1.31 bits per heavy atom. The number of hydrogen-bond donors (Lipinski definition) is 1. The number of rotatable bonds is 9. The van der Waals surface area contributed by atoms with E-state index in [9.17, 15) is 18.0 Å². The Morgan fingerprint density at radius 3 is 2.62 bits per heavy atom. The van der Waals surface area contributed by atoms with Gasteiger partial charge in [0.15, 0.2) is 0 Å². The zero-order valence-corrected chi connectivity index (χ0v) is 16.4. The second kappa shape index (κ2) is 10.1. The van der Waals surface area contributed by atoms with Crippen LogP contribution in [0.2, 0.25) is 0 Å². The summed E-state index contributed by atoms with van der Waals surface area (Å²) in [5, 5.41) is 2.57. The lowest BCUT2D eigenvalue weighted by molar-refractivity contribution is -0.142. The van der Waals surface area contributed by atoms with Gasteiger partial charge < -0.3 is 10.1 Å². The third-order valence-corrected chi connectivity index (χ3v) is 5.61. The molecule has 0 fully saturated rings. The van der Waals surface area contributed by atoms with Crippen molar-refractivity contribution in [1.82, 2.24) is 9.62 Å². The number of ether oxygens (including phenoxy) is 1. The highest BCUT2D eigenvalue weighted by molar-refractivity contribution is 7.89. The van der Waals surface area contributed by atoms with Crippen molar-refractivity contribution in [2.24, 2.45) is 0 Å². The van der Waals surface area contributed by atoms with Crippen LogP contribution < -0.4 is 5.32 Å². The van der Waals surface area contributed by atoms with Crippen molar-refractivity contribution in [3.05, 3.63) is 41.5 Å². The van der Waals surface area contributed by atoms with Gasteiger partial charge in [0.25, 0.3) is 5.91 Å². The van der Waals surface area contributed by atoms with Crippen LogP contribution in [-0.2, 0) is 19.6 Å². The summed E-state index contributed by atoms with van der Waals surface area (Å²) in [6, 6.07) is 6.21. The zero-order valence-electron chi connectivity index (χ0n) is 15.6. The predicted octanol–water partition coefficient (Wildman–Crippen LogP) is 1.66. The van der Waals surface area contributed by atoms with Crippen LogP contribution in [0.15, 0.2) is 30.3 Å². The lowest BCUT2D eigenvalue weighted by Crippen LogP contribution is -2.39. The SMILES string of the molecule is COC(=O)[C@@H](C)NC(=O)c1cccc(/C=C\CCCS(=O)(=O)N(C)C)c1. The maximum atomic E-state index is 12.2. The minimum Gasteiger partial charge on any atom is -0.467 e. The fourth-order valence-corrected chi connectivity index (χ4v) is 2.98. The molecule has 0 saturated carbocycles. The number of sulfonamides is 1. The first kappa shape index (κ1) is 21.9. The summed E-state index contributed by atoms with van der Waals surface area (Å²) < 4.78 is 29.1. The number of benzene rings is 1. The smallest absolute Gasteiger partial charge is 0.328 e. The summed E-state index contributed by atoms with van der Waals surface area (Å²) in [4.78, 5) is 23.5. The van der Waals surface area contributed by atoms with Crippen LogP contribution in [0.25, 0.3) is 6.08 Å². The molecular formula is C18H26N2O5S. The number of hydrogen-bond acceptors (Lipinski definition) is 5. The minimum atomic E-state index is -3.17. The predicted molar refractivity (Wildman–Crippen MR) is 101 cm³/mol. The Morgan fingerprint density at radius 2 is 2.00 bits per heavy atom. The Kier molecular flexibility index (Phi) is 8.47. The Labute approximate surface area is 155 Å². The van der Waals surface area contributed by atoms with E-state index in [2.05, 4.69) is 10.1 Å². The van der Waals surface area contributed by atoms with Crippen LogP contribution in [0.4, 0.5) is 0 Å². The van der Waals surface area contributed by atoms with Crippen LogP contribution >= 0.6 is 0 Å². The monoisotopic (exact) mass is 382 g/mol. The van der Waals surface area contributed by atoms with Gasteiger partial charge in [-0.05, 0) is 37.5 Å². The van der Waals surface area contributed by atoms with E-state index >= 15 is 0 Å². The normalized spacial score (nSPS) is 13.0. The lowest BCUT2D eigenvalue weighted by atomic mass is 10.1. The first-order valence-electron chi connectivity index (χ1n) is 8.23. The Hall–Kier alpha value is -2.19. The maximum absolute atomic E-state index is 12.2. The van der Waals surface area contributed by atoms with E-state index in [1.165, 1.54) is 25.5 Å². The van der Waals surface area contributed by atoms with Crippen LogP contribution in [-0.4, -0.2) is 57.6 Å². The van der Waals surface area contributed by atoms with E-state index in [4.69, 9.17) is 0 Å². The number of nitrogens with one attached hydrogen (secondary N) is 1. The van der Waals surface area contributed by atoms with Crippen molar-refractivity contribution < 1.29 is 22.7 Å². The Bertz CT molecular complexity index is 757. The van der Waals surface area contributed by atoms with Gasteiger partial charge in [-0.3, -0.25) is 4.79 Å². The molecule has 0 aromatic heterocycles. The molecule has 0 heterocycles. The van der Waals surface area contributed by atoms with Crippen LogP contribution in [0.5, 0.6) is 0 Å². The quantitative estimate of drug-likeness (QED) is 0.518. The van der Waals surface area contributed by atoms with Gasteiger partial charge in [-0.2, -0.15) is 0 Å². The van der Waals surface area contributed by atoms with E-state index in [1.807, 2.05) is 18.2 Å². The van der Waals surface area contributed by atoms with Crippen LogP contribution in [0, 0.1) is 0 Å². The number of nitrogens with zero attached hydrogens (tertiary/aromatic N) is 1. The highest BCUT2D eigenvalue weighted by Gasteiger charge is 2.16. The molecule has 1 atom stereocenters. The van der Waals surface area contributed by atoms with Crippen molar-refractivity contribution in [3.63, 3.8) is 0 Å². The molecule has 8 heteroatoms. The van der Waals surface area contributed by atoms with Crippen molar-refractivity contribution in [2.75, 3.05) is 27.0 Å². The molecule has 0 aliphatic carbocycles. The molecule has 26 heavy (non-hydrogen) atoms. The molecule has 144 valence electrons. The zero-order chi connectivity index (χ0) is 19.7. The maximum Gasteiger partial charge on any atom is 0.328 e. The third-order valence-electron chi connectivity index (χ3n) is 3.69. The summed E-state index contributed by atoms with van der Waals surface area (Å²) in [6.45, 7) is 1.55. The molecule has 1 amide bonds. The summed E-state index contributed by atoms with van der Waals surface area (Å²) >= 11 is 0. The first-order chi connectivity index (χ1) is 12.2. The summed E-state index contributed by atoms with van der Waals surface area (Å²) in [6.07, 6.45) is 4.85. The number of methoxy groups -OCH3 is 1. The molecule has 0 radical (unpaired) electrons. The Balaban J connectivity index is 2.61. The van der Waals surface area contributed by atoms with E-state index in [-0.39, 0.29) is 11.7 Å². The topological polar surface area (TPSA) is 92.8 Å². The molecular weight excluding hydrogens is 356 g/mol. The molecule has 1 rings (SSSR count). The second-order valence-electron chi connectivity index (χ2n) is 5.99. The molecule has 0 spiro atoms. The van der Waals surface area contributed by atoms with Crippen molar-refractivity contribution >= 4 is 28.0 Å². The number of carbonyl (C=O) groups excluding carboxylic acids is 2. The number of amides is 1. The largest absolute Gasteiger partial charge is 0.467 e. The van der Waals surface area contributed by atoms with E-state index in [0.29, 0.717) is 18.4 Å². The summed E-state index contributed by atoms with van der Waals surface area (Å²) in [5.41, 5.74) is 1.25. The van der Waals surface area contributed by atoms with Gasteiger partial charge in [-0.25, -0.2) is 17.5 Å². The van der Waals surface area contributed by atoms with Gasteiger partial charge in [0, 0.05) is 19.7 Å². The lowest BCUT2D eigenvalue weighted by Gasteiger charge is -2.11. The van der Waals surface area contributed by atoms with Gasteiger partial charge in [0.2, 0.25) is 10.0 Å². The third kappa shape index (κ3) is 6.97. The fourth-order valence-electron chi connectivity index (χ4n) is 2.08. The van der Waals surface area contributed by atoms with E-state index in [0.717, 1.165) is 5.56 Å². The number of esters is 1. The highest BCUT2D eigenvalue weighted by atomic mass is 32.2. The number of carbonyl (C=O) groups is 2. The van der Waals surface area contributed by atoms with Crippen molar-refractivity contribution in [2.45, 2.75) is 25.8 Å². The van der Waals surface area contributed by atoms with Gasteiger partial charge in [0.05, 0.1) is 12.9 Å². The molecule has 1 aromatic rings. The number of allylic oxidation sites excluding steroid dienone is 1. The van der Waals surface area contributed by atoms with E-state index in [1.54, 1.807) is 25.1 Å². The minimum absolute atomic E-state index is 0.0954. The molecule has 0 aliphatic heterocycles. The molecule has 0 unspecified atom stereocenters. The number of unbranched alkanes of at least 4 members (excludes halogenated alkanes) is 1. The standard InChI is InChI=1S/C18H26N2O5S/c1-14(18(22)25-4)19-17(21)16-11-8-10-15(13-16)9-6-5-7-12-26(23,24)20(2)3/h6,8-11,13-14H,5,7,12H2,1-4H3,(H,19,21)/b9-6-/t14-/m1/s1. The van der Waals surface area contributed by atoms with E-state index < -0.39 is 22.0 Å². The van der Waals surface area contributed by atoms with Gasteiger partial charge in [-0.1, -0.05) is 24.3 Å². The molecule has 1 aromatic carbocycles. The molecule has 1 N–H and O–H groups in total. The van der Waals surface area contributed by atoms with Crippen molar-refractivity contribution in [3.8, 4) is 0 Å². The average molecular weight is 382 g/mol. The van der Waals surface area contributed by atoms with Gasteiger partial charge in [-0.15, -0.1) is 0 Å². The van der Waals surface area contributed by atoms with Crippen LogP contribution in [0.3, 0.4) is 0 Å². The summed E-state index contributed by atoms with van der Waals surface area (Å²) in [7, 11) is 1.12. The molecule has 7 nitrogen and oxygen atoms in total. The van der Waals surface area contributed by atoms with Gasteiger partial charge in [0.1, 0.15) is 6.04 Å². The fraction of sp³-hybridized carbons (Fsp3) is 0.444. The van der Waals surface area contributed by atoms with Crippen molar-refractivity contribution in [1.29, 1.82) is 0 Å². The molecule has 0 saturated heterocycles. The van der Waals surface area contributed by atoms with Gasteiger partial charge >= 0.3 is 5.97 Å². The second-order valence-corrected chi connectivity index (χ2v) is 8.29.